The highest BCUT2D eigenvalue weighted by atomic mass is 32.2. The van der Waals surface area contributed by atoms with Gasteiger partial charge in [0.1, 0.15) is 5.82 Å². The molecule has 1 amide bonds. The maximum Gasteiger partial charge on any atom is 0.252 e. The van der Waals surface area contributed by atoms with Crippen molar-refractivity contribution >= 4 is 21.6 Å². The van der Waals surface area contributed by atoms with Crippen LogP contribution in [-0.2, 0) is 16.4 Å². The van der Waals surface area contributed by atoms with Gasteiger partial charge in [-0.1, -0.05) is 32.0 Å². The SMILES string of the molecule is CCN1CCN(c2ccc(CNC(=O)c3ccccc3S(=O)(=O)CC)cn2)CC1. The van der Waals surface area contributed by atoms with Gasteiger partial charge in [-0.25, -0.2) is 13.4 Å². The average molecular weight is 417 g/mol. The predicted octanol–water partition coefficient (Wildman–Crippen LogP) is 1.95. The van der Waals surface area contributed by atoms with Crippen LogP contribution in [0.2, 0.25) is 0 Å². The summed E-state index contributed by atoms with van der Waals surface area (Å²) in [5.41, 5.74) is 1.04. The van der Waals surface area contributed by atoms with Crippen molar-refractivity contribution in [3.05, 3.63) is 53.7 Å². The quantitative estimate of drug-likeness (QED) is 0.743. The van der Waals surface area contributed by atoms with Gasteiger partial charge in [-0.3, -0.25) is 4.79 Å². The maximum atomic E-state index is 12.6. The van der Waals surface area contributed by atoms with Gasteiger partial charge in [-0.05, 0) is 30.3 Å². The van der Waals surface area contributed by atoms with E-state index in [1.165, 1.54) is 12.1 Å². The van der Waals surface area contributed by atoms with E-state index < -0.39 is 15.7 Å². The first-order valence-corrected chi connectivity index (χ1v) is 11.6. The monoisotopic (exact) mass is 416 g/mol. The number of benzene rings is 1. The lowest BCUT2D eigenvalue weighted by atomic mass is 10.2. The molecule has 1 aliphatic heterocycles. The summed E-state index contributed by atoms with van der Waals surface area (Å²) in [6, 6.07) is 10.2. The first kappa shape index (κ1) is 21.3. The molecule has 1 N–H and O–H groups in total. The van der Waals surface area contributed by atoms with Crippen molar-refractivity contribution < 1.29 is 13.2 Å². The lowest BCUT2D eigenvalue weighted by Crippen LogP contribution is -2.46. The Labute approximate surface area is 172 Å². The number of anilines is 1. The zero-order valence-electron chi connectivity index (χ0n) is 17.0. The smallest absolute Gasteiger partial charge is 0.252 e. The number of nitrogens with one attached hydrogen (secondary N) is 1. The average Bonchev–Trinajstić information content (AvgIpc) is 2.78. The van der Waals surface area contributed by atoms with Gasteiger partial charge in [0.25, 0.3) is 5.91 Å². The van der Waals surface area contributed by atoms with Crippen molar-refractivity contribution in [2.24, 2.45) is 0 Å². The Bertz CT molecular complexity index is 937. The Kier molecular flexibility index (Phi) is 6.87. The van der Waals surface area contributed by atoms with Crippen LogP contribution >= 0.6 is 0 Å². The third kappa shape index (κ3) is 5.13. The number of piperazine rings is 1. The van der Waals surface area contributed by atoms with Crippen molar-refractivity contribution in [3.8, 4) is 0 Å². The topological polar surface area (TPSA) is 82.6 Å². The van der Waals surface area contributed by atoms with Crippen LogP contribution in [0.1, 0.15) is 29.8 Å². The molecular formula is C21H28N4O3S. The molecule has 0 aliphatic carbocycles. The van der Waals surface area contributed by atoms with E-state index in [4.69, 9.17) is 0 Å². The van der Waals surface area contributed by atoms with Crippen LogP contribution in [0, 0.1) is 0 Å². The van der Waals surface area contributed by atoms with Crippen LogP contribution in [0.5, 0.6) is 0 Å². The minimum absolute atomic E-state index is 0.0464. The minimum Gasteiger partial charge on any atom is -0.354 e. The molecule has 1 aliphatic rings. The van der Waals surface area contributed by atoms with Crippen LogP contribution < -0.4 is 10.2 Å². The number of hydrogen-bond donors (Lipinski definition) is 1. The molecule has 1 fully saturated rings. The third-order valence-corrected chi connectivity index (χ3v) is 7.04. The summed E-state index contributed by atoms with van der Waals surface area (Å²) >= 11 is 0. The van der Waals surface area contributed by atoms with Crippen LogP contribution in [0.4, 0.5) is 5.82 Å². The van der Waals surface area contributed by atoms with Gasteiger partial charge < -0.3 is 15.1 Å². The van der Waals surface area contributed by atoms with Crippen molar-refractivity contribution in [2.45, 2.75) is 25.3 Å². The number of nitrogens with zero attached hydrogens (tertiary/aromatic N) is 3. The molecule has 1 saturated heterocycles. The summed E-state index contributed by atoms with van der Waals surface area (Å²) in [5.74, 6) is 0.488. The molecule has 1 aromatic heterocycles. The molecule has 0 unspecified atom stereocenters. The van der Waals surface area contributed by atoms with E-state index in [0.29, 0.717) is 0 Å². The summed E-state index contributed by atoms with van der Waals surface area (Å²) < 4.78 is 24.5. The summed E-state index contributed by atoms with van der Waals surface area (Å²) in [5, 5.41) is 2.80. The molecule has 2 aromatic rings. The predicted molar refractivity (Wildman–Crippen MR) is 114 cm³/mol. The molecule has 2 heterocycles. The van der Waals surface area contributed by atoms with Crippen LogP contribution in [0.15, 0.2) is 47.5 Å². The molecule has 156 valence electrons. The molecule has 29 heavy (non-hydrogen) atoms. The van der Waals surface area contributed by atoms with Gasteiger partial charge in [0.05, 0.1) is 16.2 Å². The van der Waals surface area contributed by atoms with E-state index in [1.54, 1.807) is 25.3 Å². The number of amides is 1. The standard InChI is InChI=1S/C21H28N4O3S/c1-3-24-11-13-25(14-12-24)20-10-9-17(15-22-20)16-23-21(26)18-7-5-6-8-19(18)29(27,28)4-2/h5-10,15H,3-4,11-14,16H2,1-2H3,(H,23,26). The molecule has 0 saturated carbocycles. The number of pyridine rings is 1. The fraction of sp³-hybridized carbons (Fsp3) is 0.429. The second-order valence-corrected chi connectivity index (χ2v) is 9.27. The number of hydrogen-bond acceptors (Lipinski definition) is 6. The van der Waals surface area contributed by atoms with Gasteiger partial charge in [0.2, 0.25) is 0 Å². The van der Waals surface area contributed by atoms with Crippen LogP contribution in [0.3, 0.4) is 0 Å². The number of likely N-dealkylation sites (N-methyl/N-ethyl adjacent to an activating group) is 1. The summed E-state index contributed by atoms with van der Waals surface area (Å²) in [6.07, 6.45) is 1.76. The molecular weight excluding hydrogens is 388 g/mol. The third-order valence-electron chi connectivity index (χ3n) is 5.25. The first-order chi connectivity index (χ1) is 13.9. The molecule has 0 atom stereocenters. The molecule has 1 aromatic carbocycles. The Balaban J connectivity index is 1.62. The lowest BCUT2D eigenvalue weighted by Gasteiger charge is -2.34. The highest BCUT2D eigenvalue weighted by Crippen LogP contribution is 2.18. The highest BCUT2D eigenvalue weighted by molar-refractivity contribution is 7.91. The first-order valence-electron chi connectivity index (χ1n) is 9.96. The van der Waals surface area contributed by atoms with E-state index in [-0.39, 0.29) is 22.8 Å². The van der Waals surface area contributed by atoms with Crippen molar-refractivity contribution in [3.63, 3.8) is 0 Å². The minimum atomic E-state index is -3.46. The Morgan fingerprint density at radius 3 is 2.41 bits per heavy atom. The van der Waals surface area contributed by atoms with Gasteiger partial charge in [-0.2, -0.15) is 0 Å². The van der Waals surface area contributed by atoms with Crippen molar-refractivity contribution in [1.82, 2.24) is 15.2 Å². The molecule has 7 nitrogen and oxygen atoms in total. The maximum absolute atomic E-state index is 12.6. The Morgan fingerprint density at radius 1 is 1.07 bits per heavy atom. The number of carbonyl (C=O) groups is 1. The van der Waals surface area contributed by atoms with Crippen LogP contribution in [-0.4, -0.2) is 62.7 Å². The molecule has 0 radical (unpaired) electrons. The Morgan fingerprint density at radius 2 is 1.79 bits per heavy atom. The molecule has 0 spiro atoms. The van der Waals surface area contributed by atoms with Gasteiger partial charge in [0, 0.05) is 38.9 Å². The zero-order valence-corrected chi connectivity index (χ0v) is 17.8. The van der Waals surface area contributed by atoms with E-state index in [0.717, 1.165) is 44.1 Å². The fourth-order valence-corrected chi connectivity index (χ4v) is 4.45. The highest BCUT2D eigenvalue weighted by Gasteiger charge is 2.20. The number of carbonyl (C=O) groups excluding carboxylic acids is 1. The van der Waals surface area contributed by atoms with E-state index >= 15 is 0 Å². The number of aromatic nitrogens is 1. The summed E-state index contributed by atoms with van der Waals surface area (Å²) in [6.45, 7) is 9.09. The normalized spacial score (nSPS) is 15.3. The largest absolute Gasteiger partial charge is 0.354 e. The van der Waals surface area contributed by atoms with E-state index in [1.807, 2.05) is 12.1 Å². The summed E-state index contributed by atoms with van der Waals surface area (Å²) in [7, 11) is -3.46. The van der Waals surface area contributed by atoms with Crippen molar-refractivity contribution in [1.29, 1.82) is 0 Å². The lowest BCUT2D eigenvalue weighted by molar-refractivity contribution is 0.0947. The van der Waals surface area contributed by atoms with E-state index in [2.05, 4.69) is 27.0 Å². The van der Waals surface area contributed by atoms with Gasteiger partial charge >= 0.3 is 0 Å². The van der Waals surface area contributed by atoms with Crippen LogP contribution in [0.25, 0.3) is 0 Å². The van der Waals surface area contributed by atoms with Gasteiger partial charge in [-0.15, -0.1) is 0 Å². The van der Waals surface area contributed by atoms with E-state index in [9.17, 15) is 13.2 Å². The molecule has 8 heteroatoms. The number of rotatable bonds is 7. The fourth-order valence-electron chi connectivity index (χ4n) is 3.36. The number of sulfone groups is 1. The Hall–Kier alpha value is -2.45. The van der Waals surface area contributed by atoms with Crippen molar-refractivity contribution in [2.75, 3.05) is 43.4 Å². The summed E-state index contributed by atoms with van der Waals surface area (Å²) in [4.78, 5) is 21.8. The molecule has 3 rings (SSSR count). The molecule has 0 bridgehead atoms. The second-order valence-electron chi connectivity index (χ2n) is 7.03. The van der Waals surface area contributed by atoms with Gasteiger partial charge in [0.15, 0.2) is 9.84 Å². The zero-order chi connectivity index (χ0) is 20.9. The second kappa shape index (κ2) is 9.37.